The second-order valence-electron chi connectivity index (χ2n) is 6.06. The number of halogens is 1. The lowest BCUT2D eigenvalue weighted by atomic mass is 10.0. The zero-order valence-electron chi connectivity index (χ0n) is 13.4. The molecule has 21 heavy (non-hydrogen) atoms. The van der Waals surface area contributed by atoms with Crippen LogP contribution < -0.4 is 0 Å². The minimum Gasteiger partial charge on any atom is -0.344 e. The molecule has 0 amide bonds. The van der Waals surface area contributed by atoms with E-state index in [0.29, 0.717) is 0 Å². The van der Waals surface area contributed by atoms with Crippen molar-refractivity contribution in [2.24, 2.45) is 0 Å². The molecule has 1 aliphatic heterocycles. The van der Waals surface area contributed by atoms with Crippen molar-refractivity contribution in [2.75, 3.05) is 19.6 Å². The van der Waals surface area contributed by atoms with E-state index >= 15 is 0 Å². The van der Waals surface area contributed by atoms with E-state index in [1.807, 2.05) is 0 Å². The molecule has 0 atom stereocenters. The maximum Gasteiger partial charge on any atom is 0.0518 e. The molecule has 3 rings (SSSR count). The number of hydrogen-bond donors (Lipinski definition) is 0. The molecule has 0 N–H and O–H groups in total. The lowest BCUT2D eigenvalue weighted by Crippen LogP contribution is -2.25. The van der Waals surface area contributed by atoms with Crippen LogP contribution in [0.2, 0.25) is 5.02 Å². The Balaban J connectivity index is 2.04. The second-order valence-corrected chi connectivity index (χ2v) is 6.49. The number of nitrogens with zero attached hydrogens (tertiary/aromatic N) is 2. The number of aryl methyl sites for hydroxylation is 2. The van der Waals surface area contributed by atoms with Gasteiger partial charge in [0.25, 0.3) is 0 Å². The van der Waals surface area contributed by atoms with Gasteiger partial charge in [0.2, 0.25) is 0 Å². The SMILES string of the molecule is CCN(CC)CCc1c(C)n2c3c(cc(Cl)cc13)CCC2. The van der Waals surface area contributed by atoms with Crippen molar-refractivity contribution in [3.8, 4) is 0 Å². The summed E-state index contributed by atoms with van der Waals surface area (Å²) in [6.07, 6.45) is 3.51. The van der Waals surface area contributed by atoms with Gasteiger partial charge in [-0.15, -0.1) is 0 Å². The van der Waals surface area contributed by atoms with Crippen molar-refractivity contribution >= 4 is 22.5 Å². The maximum absolute atomic E-state index is 6.36. The molecule has 0 fully saturated rings. The molecule has 0 saturated heterocycles. The fraction of sp³-hybridized carbons (Fsp3) is 0.556. The minimum absolute atomic E-state index is 0.889. The van der Waals surface area contributed by atoms with E-state index in [4.69, 9.17) is 11.6 Å². The predicted octanol–water partition coefficient (Wildman–Crippen LogP) is 4.43. The number of likely N-dealkylation sites (N-methyl/N-ethyl adjacent to an activating group) is 1. The molecule has 0 saturated carbocycles. The molecule has 0 unspecified atom stereocenters. The van der Waals surface area contributed by atoms with E-state index in [1.165, 1.54) is 34.1 Å². The van der Waals surface area contributed by atoms with E-state index in [-0.39, 0.29) is 0 Å². The standard InChI is InChI=1S/C18H25ClN2/c1-4-20(5-2)10-8-16-13(3)21-9-6-7-14-11-15(19)12-17(16)18(14)21/h11-12H,4-10H2,1-3H3. The molecule has 3 heteroatoms. The van der Waals surface area contributed by atoms with Gasteiger partial charge in [0.05, 0.1) is 5.52 Å². The summed E-state index contributed by atoms with van der Waals surface area (Å²) >= 11 is 6.36. The fourth-order valence-electron chi connectivity index (χ4n) is 3.75. The van der Waals surface area contributed by atoms with Crippen molar-refractivity contribution in [3.05, 3.63) is 34.0 Å². The first-order valence-corrected chi connectivity index (χ1v) is 8.56. The predicted molar refractivity (Wildman–Crippen MR) is 91.5 cm³/mol. The van der Waals surface area contributed by atoms with Crippen molar-refractivity contribution in [2.45, 2.75) is 46.6 Å². The van der Waals surface area contributed by atoms with Crippen molar-refractivity contribution < 1.29 is 0 Å². The van der Waals surface area contributed by atoms with Gasteiger partial charge in [0.1, 0.15) is 0 Å². The Hall–Kier alpha value is -0.990. The average Bonchev–Trinajstić information content (AvgIpc) is 2.75. The van der Waals surface area contributed by atoms with Crippen LogP contribution in [0.4, 0.5) is 0 Å². The summed E-state index contributed by atoms with van der Waals surface area (Å²) in [7, 11) is 0. The second kappa shape index (κ2) is 6.02. The summed E-state index contributed by atoms with van der Waals surface area (Å²) < 4.78 is 2.52. The molecule has 1 aliphatic rings. The average molecular weight is 305 g/mol. The Morgan fingerprint density at radius 3 is 2.71 bits per heavy atom. The summed E-state index contributed by atoms with van der Waals surface area (Å²) in [6.45, 7) is 11.3. The lowest BCUT2D eigenvalue weighted by molar-refractivity contribution is 0.308. The summed E-state index contributed by atoms with van der Waals surface area (Å²) in [5.41, 5.74) is 5.82. The number of hydrogen-bond acceptors (Lipinski definition) is 1. The number of benzene rings is 1. The molecule has 2 aromatic rings. The molecule has 0 aliphatic carbocycles. The van der Waals surface area contributed by atoms with Gasteiger partial charge >= 0.3 is 0 Å². The van der Waals surface area contributed by atoms with Crippen molar-refractivity contribution in [1.29, 1.82) is 0 Å². The molecular formula is C18H25ClN2. The quantitative estimate of drug-likeness (QED) is 0.793. The summed E-state index contributed by atoms with van der Waals surface area (Å²) in [4.78, 5) is 2.49. The third-order valence-corrected chi connectivity index (χ3v) is 5.21. The topological polar surface area (TPSA) is 8.17 Å². The zero-order chi connectivity index (χ0) is 15.0. The Kier molecular flexibility index (Phi) is 4.28. The first-order valence-electron chi connectivity index (χ1n) is 8.18. The molecule has 1 aromatic heterocycles. The monoisotopic (exact) mass is 304 g/mol. The van der Waals surface area contributed by atoms with Crippen molar-refractivity contribution in [1.82, 2.24) is 9.47 Å². The smallest absolute Gasteiger partial charge is 0.0518 e. The molecule has 0 bridgehead atoms. The normalized spacial score (nSPS) is 14.3. The number of rotatable bonds is 5. The van der Waals surface area contributed by atoms with Crippen LogP contribution >= 0.6 is 11.6 Å². The maximum atomic E-state index is 6.36. The largest absolute Gasteiger partial charge is 0.344 e. The first kappa shape index (κ1) is 14.9. The lowest BCUT2D eigenvalue weighted by Gasteiger charge is -2.18. The van der Waals surface area contributed by atoms with E-state index in [2.05, 4.69) is 42.4 Å². The van der Waals surface area contributed by atoms with Crippen LogP contribution in [0.3, 0.4) is 0 Å². The van der Waals surface area contributed by atoms with Gasteiger partial charge in [0, 0.05) is 29.2 Å². The molecule has 1 aromatic carbocycles. The van der Waals surface area contributed by atoms with Gasteiger partial charge in [0.15, 0.2) is 0 Å². The van der Waals surface area contributed by atoms with Crippen LogP contribution in [-0.4, -0.2) is 29.1 Å². The van der Waals surface area contributed by atoms with Crippen LogP contribution in [0.1, 0.15) is 37.1 Å². The van der Waals surface area contributed by atoms with Gasteiger partial charge in [-0.2, -0.15) is 0 Å². The molecule has 2 heterocycles. The van der Waals surface area contributed by atoms with Gasteiger partial charge in [-0.25, -0.2) is 0 Å². The summed E-state index contributed by atoms with van der Waals surface area (Å²) in [6, 6.07) is 4.33. The third-order valence-electron chi connectivity index (χ3n) is 4.99. The van der Waals surface area contributed by atoms with Gasteiger partial charge in [-0.3, -0.25) is 0 Å². The van der Waals surface area contributed by atoms with Crippen LogP contribution in [0.5, 0.6) is 0 Å². The molecule has 2 nitrogen and oxygen atoms in total. The van der Waals surface area contributed by atoms with E-state index in [0.717, 1.165) is 44.0 Å². The highest BCUT2D eigenvalue weighted by molar-refractivity contribution is 6.31. The van der Waals surface area contributed by atoms with E-state index in [1.54, 1.807) is 0 Å². The van der Waals surface area contributed by atoms with Crippen LogP contribution in [0.25, 0.3) is 10.9 Å². The van der Waals surface area contributed by atoms with E-state index in [9.17, 15) is 0 Å². The van der Waals surface area contributed by atoms with E-state index < -0.39 is 0 Å². The first-order chi connectivity index (χ1) is 10.2. The minimum atomic E-state index is 0.889. The highest BCUT2D eigenvalue weighted by Gasteiger charge is 2.20. The highest BCUT2D eigenvalue weighted by Crippen LogP contribution is 2.35. The third kappa shape index (κ3) is 2.60. The highest BCUT2D eigenvalue weighted by atomic mass is 35.5. The molecule has 114 valence electrons. The molecule has 0 spiro atoms. The van der Waals surface area contributed by atoms with Gasteiger partial charge < -0.3 is 9.47 Å². The van der Waals surface area contributed by atoms with Crippen LogP contribution in [0, 0.1) is 6.92 Å². The van der Waals surface area contributed by atoms with Gasteiger partial charge in [-0.05, 0) is 62.5 Å². The Bertz CT molecular complexity index is 653. The Morgan fingerprint density at radius 1 is 1.24 bits per heavy atom. The fourth-order valence-corrected chi connectivity index (χ4v) is 3.99. The molecule has 0 radical (unpaired) electrons. The Morgan fingerprint density at radius 2 is 2.00 bits per heavy atom. The van der Waals surface area contributed by atoms with Crippen LogP contribution in [-0.2, 0) is 19.4 Å². The van der Waals surface area contributed by atoms with Gasteiger partial charge in [-0.1, -0.05) is 25.4 Å². The number of aromatic nitrogens is 1. The molecular weight excluding hydrogens is 280 g/mol. The zero-order valence-corrected chi connectivity index (χ0v) is 14.1. The summed E-state index contributed by atoms with van der Waals surface area (Å²) in [5, 5.41) is 2.28. The van der Waals surface area contributed by atoms with Crippen LogP contribution in [0.15, 0.2) is 12.1 Å². The summed E-state index contributed by atoms with van der Waals surface area (Å²) in [5.74, 6) is 0. The van der Waals surface area contributed by atoms with Crippen molar-refractivity contribution in [3.63, 3.8) is 0 Å². The Labute approximate surface area is 132 Å².